The highest BCUT2D eigenvalue weighted by atomic mass is 32.2. The number of carboxylic acids is 1. The molecule has 5 nitrogen and oxygen atoms in total. The van der Waals surface area contributed by atoms with Crippen molar-refractivity contribution in [1.29, 1.82) is 0 Å². The van der Waals surface area contributed by atoms with Crippen LogP contribution in [0.4, 0.5) is 0 Å². The number of hydrogen-bond donors (Lipinski definition) is 2. The van der Waals surface area contributed by atoms with Crippen LogP contribution < -0.4 is 0 Å². The molecular weight excluding hydrogens is 304 g/mol. The summed E-state index contributed by atoms with van der Waals surface area (Å²) in [6.07, 6.45) is 0.0554. The first-order valence-corrected chi connectivity index (χ1v) is 8.22. The zero-order valence-corrected chi connectivity index (χ0v) is 12.5. The Labute approximate surface area is 129 Å². The predicted molar refractivity (Wildman–Crippen MR) is 83.2 cm³/mol. The van der Waals surface area contributed by atoms with Crippen molar-refractivity contribution in [3.05, 3.63) is 60.2 Å². The summed E-state index contributed by atoms with van der Waals surface area (Å²) in [5.41, 5.74) is 2.73. The predicted octanol–water partition coefficient (Wildman–Crippen LogP) is 2.63. The molecule has 2 N–H and O–H groups in total. The van der Waals surface area contributed by atoms with Crippen molar-refractivity contribution in [3.63, 3.8) is 0 Å². The maximum atomic E-state index is 11.1. The summed E-state index contributed by atoms with van der Waals surface area (Å²) in [5.74, 6) is -1.54. The Morgan fingerprint density at radius 3 is 2.18 bits per heavy atom. The Kier molecular flexibility index (Phi) is 4.95. The van der Waals surface area contributed by atoms with Crippen molar-refractivity contribution in [2.24, 2.45) is 0 Å². The normalized spacial score (nSPS) is 12.8. The van der Waals surface area contributed by atoms with Gasteiger partial charge < -0.3 is 5.11 Å². The van der Waals surface area contributed by atoms with Gasteiger partial charge in [-0.25, -0.2) is 0 Å². The van der Waals surface area contributed by atoms with Crippen molar-refractivity contribution in [1.82, 2.24) is 0 Å². The largest absolute Gasteiger partial charge is 0.480 e. The van der Waals surface area contributed by atoms with Gasteiger partial charge in [0.2, 0.25) is 0 Å². The van der Waals surface area contributed by atoms with Crippen LogP contribution in [0.15, 0.2) is 54.6 Å². The summed E-state index contributed by atoms with van der Waals surface area (Å²) in [6.45, 7) is 0. The molecule has 22 heavy (non-hydrogen) atoms. The molecule has 116 valence electrons. The quantitative estimate of drug-likeness (QED) is 0.798. The van der Waals surface area contributed by atoms with Crippen molar-refractivity contribution in [2.75, 3.05) is 0 Å². The summed E-state index contributed by atoms with van der Waals surface area (Å²) in [6, 6.07) is 16.9. The lowest BCUT2D eigenvalue weighted by molar-refractivity contribution is -0.136. The summed E-state index contributed by atoms with van der Waals surface area (Å²) in [4.78, 5) is 11.0. The van der Waals surface area contributed by atoms with Gasteiger partial charge in [-0.05, 0) is 29.5 Å². The van der Waals surface area contributed by atoms with Crippen LogP contribution in [0, 0.1) is 0 Å². The molecule has 0 aliphatic rings. The molecule has 0 bridgehead atoms. The standard InChI is InChI=1S/C16H16O5S/c17-16(18)15(22(19,20)21)11-10-13-8-4-5-9-14(13)12-6-2-1-3-7-12/h1-9,15H,10-11H2,(H,17,18)(H,19,20,21). The van der Waals surface area contributed by atoms with Crippen LogP contribution in [0.3, 0.4) is 0 Å². The smallest absolute Gasteiger partial charge is 0.324 e. The molecular formula is C16H16O5S. The number of rotatable bonds is 6. The van der Waals surface area contributed by atoms with Crippen LogP contribution in [0.25, 0.3) is 11.1 Å². The van der Waals surface area contributed by atoms with Crippen LogP contribution in [0.5, 0.6) is 0 Å². The molecule has 0 saturated carbocycles. The van der Waals surface area contributed by atoms with E-state index in [2.05, 4.69) is 0 Å². The first kappa shape index (κ1) is 16.2. The minimum absolute atomic E-state index is 0.183. The van der Waals surface area contributed by atoms with Gasteiger partial charge in [0.05, 0.1) is 0 Å². The van der Waals surface area contributed by atoms with Gasteiger partial charge in [0.15, 0.2) is 5.25 Å². The first-order chi connectivity index (χ1) is 10.4. The highest BCUT2D eigenvalue weighted by Crippen LogP contribution is 2.25. The minimum atomic E-state index is -4.61. The molecule has 0 heterocycles. The molecule has 0 aliphatic heterocycles. The average molecular weight is 320 g/mol. The molecule has 2 aromatic carbocycles. The molecule has 0 aromatic heterocycles. The Hall–Kier alpha value is -2.18. The summed E-state index contributed by atoms with van der Waals surface area (Å²) < 4.78 is 31.3. The van der Waals surface area contributed by atoms with Gasteiger partial charge in [-0.2, -0.15) is 8.42 Å². The second kappa shape index (κ2) is 6.72. The van der Waals surface area contributed by atoms with E-state index in [1.165, 1.54) is 0 Å². The fraction of sp³-hybridized carbons (Fsp3) is 0.188. The zero-order chi connectivity index (χ0) is 16.2. The van der Waals surface area contributed by atoms with E-state index >= 15 is 0 Å². The molecule has 1 unspecified atom stereocenters. The molecule has 1 atom stereocenters. The SMILES string of the molecule is O=C(O)C(CCc1ccccc1-c1ccccc1)S(=O)(=O)O. The van der Waals surface area contributed by atoms with Gasteiger partial charge in [-0.15, -0.1) is 0 Å². The lowest BCUT2D eigenvalue weighted by Gasteiger charge is -2.12. The number of hydrogen-bond acceptors (Lipinski definition) is 3. The molecule has 0 saturated heterocycles. The Morgan fingerprint density at radius 2 is 1.59 bits per heavy atom. The Bertz CT molecular complexity index is 753. The molecule has 0 amide bonds. The second-order valence-corrected chi connectivity index (χ2v) is 6.50. The number of carbonyl (C=O) groups is 1. The van der Waals surface area contributed by atoms with Crippen LogP contribution >= 0.6 is 0 Å². The fourth-order valence-corrected chi connectivity index (χ4v) is 2.99. The van der Waals surface area contributed by atoms with Crippen molar-refractivity contribution < 1.29 is 22.9 Å². The van der Waals surface area contributed by atoms with Gasteiger partial charge in [0.1, 0.15) is 0 Å². The fourth-order valence-electron chi connectivity index (χ4n) is 2.32. The molecule has 6 heteroatoms. The molecule has 2 rings (SSSR count). The zero-order valence-electron chi connectivity index (χ0n) is 11.7. The van der Waals surface area contributed by atoms with E-state index in [9.17, 15) is 13.2 Å². The topological polar surface area (TPSA) is 91.7 Å². The Morgan fingerprint density at radius 1 is 1.00 bits per heavy atom. The maximum absolute atomic E-state index is 11.1. The minimum Gasteiger partial charge on any atom is -0.480 e. The highest BCUT2D eigenvalue weighted by molar-refractivity contribution is 7.87. The molecule has 0 radical (unpaired) electrons. The first-order valence-electron chi connectivity index (χ1n) is 6.72. The van der Waals surface area contributed by atoms with Gasteiger partial charge in [-0.3, -0.25) is 9.35 Å². The van der Waals surface area contributed by atoms with Crippen molar-refractivity contribution in [2.45, 2.75) is 18.1 Å². The number of carboxylic acid groups (broad SMARTS) is 1. The third kappa shape index (κ3) is 3.93. The van der Waals surface area contributed by atoms with E-state index in [1.54, 1.807) is 0 Å². The Balaban J connectivity index is 2.26. The van der Waals surface area contributed by atoms with Crippen LogP contribution in [0.2, 0.25) is 0 Å². The third-order valence-corrected chi connectivity index (χ3v) is 4.57. The average Bonchev–Trinajstić information content (AvgIpc) is 2.47. The van der Waals surface area contributed by atoms with Gasteiger partial charge in [0.25, 0.3) is 10.1 Å². The van der Waals surface area contributed by atoms with Crippen LogP contribution in [0.1, 0.15) is 12.0 Å². The van der Waals surface area contributed by atoms with E-state index in [-0.39, 0.29) is 12.8 Å². The van der Waals surface area contributed by atoms with E-state index in [0.717, 1.165) is 16.7 Å². The number of aryl methyl sites for hydroxylation is 1. The van der Waals surface area contributed by atoms with Crippen molar-refractivity contribution >= 4 is 16.1 Å². The lowest BCUT2D eigenvalue weighted by Crippen LogP contribution is -2.30. The maximum Gasteiger partial charge on any atom is 0.324 e. The van der Waals surface area contributed by atoms with E-state index in [4.69, 9.17) is 9.66 Å². The van der Waals surface area contributed by atoms with Crippen LogP contribution in [-0.4, -0.2) is 29.3 Å². The number of aliphatic carboxylic acids is 1. The third-order valence-electron chi connectivity index (χ3n) is 3.41. The van der Waals surface area contributed by atoms with E-state index in [1.807, 2.05) is 54.6 Å². The molecule has 0 fully saturated rings. The molecule has 2 aromatic rings. The van der Waals surface area contributed by atoms with Crippen LogP contribution in [-0.2, 0) is 21.3 Å². The summed E-state index contributed by atoms with van der Waals surface area (Å²) >= 11 is 0. The van der Waals surface area contributed by atoms with Gasteiger partial charge >= 0.3 is 5.97 Å². The second-order valence-electron chi connectivity index (χ2n) is 4.90. The number of benzene rings is 2. The monoisotopic (exact) mass is 320 g/mol. The van der Waals surface area contributed by atoms with Gasteiger partial charge in [0, 0.05) is 0 Å². The molecule has 0 aliphatic carbocycles. The summed E-state index contributed by atoms with van der Waals surface area (Å²) in [7, 11) is -4.61. The summed E-state index contributed by atoms with van der Waals surface area (Å²) in [5, 5.41) is 7.13. The molecule has 0 spiro atoms. The van der Waals surface area contributed by atoms with Crippen molar-refractivity contribution in [3.8, 4) is 11.1 Å². The highest BCUT2D eigenvalue weighted by Gasteiger charge is 2.30. The van der Waals surface area contributed by atoms with E-state index < -0.39 is 21.3 Å². The van der Waals surface area contributed by atoms with Gasteiger partial charge in [-0.1, -0.05) is 54.6 Å². The lowest BCUT2D eigenvalue weighted by atomic mass is 9.96. The van der Waals surface area contributed by atoms with E-state index in [0.29, 0.717) is 0 Å².